The average molecular weight is 413 g/mol. The number of nitro groups is 1. The average Bonchev–Trinajstić information content (AvgIpc) is 3.17. The van der Waals surface area contributed by atoms with Crippen molar-refractivity contribution in [2.24, 2.45) is 0 Å². The second kappa shape index (κ2) is 7.96. The van der Waals surface area contributed by atoms with Crippen molar-refractivity contribution in [2.45, 2.75) is 4.90 Å². The number of nitro benzene ring substituents is 1. The number of morpholine rings is 1. The molecule has 1 aliphatic rings. The molecule has 0 atom stereocenters. The summed E-state index contributed by atoms with van der Waals surface area (Å²) in [5.74, 6) is -0.770. The van der Waals surface area contributed by atoms with Gasteiger partial charge in [0.05, 0.1) is 18.1 Å². The van der Waals surface area contributed by atoms with Gasteiger partial charge in [0.2, 0.25) is 0 Å². The lowest BCUT2D eigenvalue weighted by molar-refractivity contribution is -0.387. The van der Waals surface area contributed by atoms with Gasteiger partial charge in [0.1, 0.15) is 5.69 Å². The van der Waals surface area contributed by atoms with Crippen molar-refractivity contribution in [3.63, 3.8) is 0 Å². The molecule has 27 heavy (non-hydrogen) atoms. The fourth-order valence-electron chi connectivity index (χ4n) is 2.34. The van der Waals surface area contributed by atoms with Gasteiger partial charge in [-0.2, -0.15) is 0 Å². The summed E-state index contributed by atoms with van der Waals surface area (Å²) in [4.78, 5) is 29.8. The van der Waals surface area contributed by atoms with Crippen LogP contribution in [0.15, 0.2) is 34.5 Å². The van der Waals surface area contributed by atoms with Crippen LogP contribution in [-0.4, -0.2) is 50.5 Å². The molecule has 0 radical (unpaired) electrons. The van der Waals surface area contributed by atoms with Gasteiger partial charge in [0.25, 0.3) is 21.6 Å². The van der Waals surface area contributed by atoms with Crippen LogP contribution in [0.1, 0.15) is 10.5 Å². The Balaban J connectivity index is 1.68. The molecular formula is C14H15N5O6S2. The van der Waals surface area contributed by atoms with Gasteiger partial charge in [-0.25, -0.2) is 13.4 Å². The fraction of sp³-hybridized carbons (Fsp3) is 0.286. The minimum Gasteiger partial charge on any atom is -0.378 e. The number of nitrogens with one attached hydrogen (secondary N) is 2. The van der Waals surface area contributed by atoms with Gasteiger partial charge in [0, 0.05) is 24.5 Å². The Labute approximate surface area is 158 Å². The molecular weight excluding hydrogens is 398 g/mol. The van der Waals surface area contributed by atoms with Crippen molar-refractivity contribution in [1.29, 1.82) is 0 Å². The Morgan fingerprint density at radius 1 is 1.30 bits per heavy atom. The summed E-state index contributed by atoms with van der Waals surface area (Å²) in [5, 5.41) is 13.1. The van der Waals surface area contributed by atoms with Crippen molar-refractivity contribution >= 4 is 38.1 Å². The topological polar surface area (TPSA) is 144 Å². The molecule has 0 saturated carbocycles. The van der Waals surface area contributed by atoms with E-state index >= 15 is 0 Å². The molecule has 1 aromatic heterocycles. The van der Waals surface area contributed by atoms with Crippen molar-refractivity contribution in [1.82, 2.24) is 15.2 Å². The van der Waals surface area contributed by atoms with Crippen LogP contribution in [0.2, 0.25) is 0 Å². The van der Waals surface area contributed by atoms with E-state index in [-0.39, 0.29) is 5.69 Å². The zero-order chi connectivity index (χ0) is 19.4. The first-order valence-electron chi connectivity index (χ1n) is 7.72. The molecule has 3 rings (SSSR count). The molecule has 13 heteroatoms. The summed E-state index contributed by atoms with van der Waals surface area (Å²) in [6.07, 6.45) is 0. The maximum atomic E-state index is 12.3. The standard InChI is InChI=1S/C14H15N5O6S2/c20-13(10-9-26-14(15-10)18-5-7-25-8-6-18)16-17-27(23,24)12-4-2-1-3-11(12)19(21)22/h1-4,9,17H,5-8H2,(H,16,20). The highest BCUT2D eigenvalue weighted by Gasteiger charge is 2.26. The SMILES string of the molecule is O=C(NNS(=O)(=O)c1ccccc1[N+](=O)[O-])c1csc(N2CCOCC2)n1. The van der Waals surface area contributed by atoms with Gasteiger partial charge in [-0.05, 0) is 6.07 Å². The van der Waals surface area contributed by atoms with E-state index in [4.69, 9.17) is 4.74 Å². The highest BCUT2D eigenvalue weighted by Crippen LogP contribution is 2.23. The number of aromatic nitrogens is 1. The number of rotatable bonds is 6. The van der Waals surface area contributed by atoms with E-state index in [9.17, 15) is 23.3 Å². The van der Waals surface area contributed by atoms with E-state index in [1.807, 2.05) is 15.2 Å². The van der Waals surface area contributed by atoms with Gasteiger partial charge >= 0.3 is 0 Å². The molecule has 0 spiro atoms. The van der Waals surface area contributed by atoms with E-state index in [2.05, 4.69) is 4.98 Å². The van der Waals surface area contributed by atoms with Crippen molar-refractivity contribution in [3.05, 3.63) is 45.5 Å². The molecule has 0 bridgehead atoms. The van der Waals surface area contributed by atoms with E-state index in [1.54, 1.807) is 0 Å². The number of anilines is 1. The van der Waals surface area contributed by atoms with Crippen LogP contribution in [0.3, 0.4) is 0 Å². The molecule has 1 saturated heterocycles. The van der Waals surface area contributed by atoms with Crippen molar-refractivity contribution in [2.75, 3.05) is 31.2 Å². The molecule has 1 aliphatic heterocycles. The Kier molecular flexibility index (Phi) is 5.65. The maximum absolute atomic E-state index is 12.3. The number of carbonyl (C=O) groups excluding carboxylic acids is 1. The maximum Gasteiger partial charge on any atom is 0.289 e. The molecule has 0 aliphatic carbocycles. The van der Waals surface area contributed by atoms with Gasteiger partial charge < -0.3 is 9.64 Å². The number of amides is 1. The zero-order valence-corrected chi connectivity index (χ0v) is 15.5. The Morgan fingerprint density at radius 2 is 2.00 bits per heavy atom. The van der Waals surface area contributed by atoms with Crippen LogP contribution in [0.5, 0.6) is 0 Å². The summed E-state index contributed by atoms with van der Waals surface area (Å²) in [5.41, 5.74) is 1.46. The molecule has 0 unspecified atom stereocenters. The van der Waals surface area contributed by atoms with Crippen LogP contribution < -0.4 is 15.2 Å². The third kappa shape index (κ3) is 4.39. The van der Waals surface area contributed by atoms with Gasteiger partial charge in [-0.15, -0.1) is 16.2 Å². The van der Waals surface area contributed by atoms with E-state index in [0.717, 1.165) is 12.1 Å². The molecule has 2 aromatic rings. The highest BCUT2D eigenvalue weighted by molar-refractivity contribution is 7.89. The predicted octanol–water partition coefficient (Wildman–Crippen LogP) is 0.511. The first kappa shape index (κ1) is 19.2. The number of thiazole rings is 1. The molecule has 2 N–H and O–H groups in total. The summed E-state index contributed by atoms with van der Waals surface area (Å²) < 4.78 is 29.8. The summed E-state index contributed by atoms with van der Waals surface area (Å²) in [6.45, 7) is 2.44. The summed E-state index contributed by atoms with van der Waals surface area (Å²) >= 11 is 1.25. The van der Waals surface area contributed by atoms with Crippen LogP contribution in [0.25, 0.3) is 0 Å². The monoisotopic (exact) mass is 413 g/mol. The number of sulfonamides is 1. The zero-order valence-electron chi connectivity index (χ0n) is 13.8. The van der Waals surface area contributed by atoms with Crippen LogP contribution in [0.4, 0.5) is 10.8 Å². The number of hydrogen-bond donors (Lipinski definition) is 2. The number of carbonyl (C=O) groups is 1. The number of ether oxygens (including phenoxy) is 1. The molecule has 2 heterocycles. The fourth-order valence-corrected chi connectivity index (χ4v) is 4.21. The van der Waals surface area contributed by atoms with Gasteiger partial charge in [-0.1, -0.05) is 12.1 Å². The third-order valence-corrected chi connectivity index (χ3v) is 5.85. The number of benzene rings is 1. The number of nitrogens with zero attached hydrogens (tertiary/aromatic N) is 3. The second-order valence-electron chi connectivity index (χ2n) is 5.40. The van der Waals surface area contributed by atoms with Crippen LogP contribution in [-0.2, 0) is 14.8 Å². The van der Waals surface area contributed by atoms with E-state index in [0.29, 0.717) is 31.4 Å². The minimum atomic E-state index is -4.33. The van der Waals surface area contributed by atoms with Gasteiger partial charge in [0.15, 0.2) is 10.0 Å². The molecule has 11 nitrogen and oxygen atoms in total. The van der Waals surface area contributed by atoms with E-state index < -0.39 is 31.4 Å². The Bertz CT molecular complexity index is 954. The smallest absolute Gasteiger partial charge is 0.289 e. The molecule has 1 amide bonds. The van der Waals surface area contributed by atoms with Crippen LogP contribution >= 0.6 is 11.3 Å². The first-order valence-corrected chi connectivity index (χ1v) is 10.1. The number of hydrogen-bond acceptors (Lipinski definition) is 9. The summed E-state index contributed by atoms with van der Waals surface area (Å²) in [7, 11) is -4.33. The number of hydrazine groups is 1. The van der Waals surface area contributed by atoms with E-state index in [1.165, 1.54) is 28.8 Å². The third-order valence-electron chi connectivity index (χ3n) is 3.66. The normalized spacial score (nSPS) is 14.7. The molecule has 1 aromatic carbocycles. The number of para-hydroxylation sites is 1. The summed E-state index contributed by atoms with van der Waals surface area (Å²) in [6, 6.07) is 4.83. The lowest BCUT2D eigenvalue weighted by Gasteiger charge is -2.25. The molecule has 1 fully saturated rings. The second-order valence-corrected chi connectivity index (χ2v) is 7.89. The first-order chi connectivity index (χ1) is 12.9. The Morgan fingerprint density at radius 3 is 2.70 bits per heavy atom. The molecule has 144 valence electrons. The van der Waals surface area contributed by atoms with Crippen LogP contribution in [0, 0.1) is 10.1 Å². The largest absolute Gasteiger partial charge is 0.378 e. The minimum absolute atomic E-state index is 0.0340. The highest BCUT2D eigenvalue weighted by atomic mass is 32.2. The van der Waals surface area contributed by atoms with Crippen molar-refractivity contribution < 1.29 is 22.9 Å². The lowest BCUT2D eigenvalue weighted by Crippen LogP contribution is -2.42. The Hall–Kier alpha value is -2.61. The lowest BCUT2D eigenvalue weighted by atomic mass is 10.3. The van der Waals surface area contributed by atoms with Crippen molar-refractivity contribution in [3.8, 4) is 0 Å². The van der Waals surface area contributed by atoms with Gasteiger partial charge in [-0.3, -0.25) is 20.3 Å². The predicted molar refractivity (Wildman–Crippen MR) is 96.0 cm³/mol. The quantitative estimate of drug-likeness (QED) is 0.515.